The zero-order valence-corrected chi connectivity index (χ0v) is 14.8. The van der Waals surface area contributed by atoms with Crippen molar-refractivity contribution < 1.29 is 9.53 Å². The molecule has 1 amide bonds. The van der Waals surface area contributed by atoms with Gasteiger partial charge < -0.3 is 9.64 Å². The van der Waals surface area contributed by atoms with Crippen LogP contribution in [0.3, 0.4) is 0 Å². The lowest BCUT2D eigenvalue weighted by Crippen LogP contribution is -2.35. The van der Waals surface area contributed by atoms with Crippen LogP contribution in [0.5, 0.6) is 0 Å². The Hall–Kier alpha value is -1.76. The summed E-state index contributed by atoms with van der Waals surface area (Å²) in [6, 6.07) is 12.5. The molecule has 0 radical (unpaired) electrons. The molecule has 0 saturated heterocycles. The minimum atomic E-state index is 0.0759. The van der Waals surface area contributed by atoms with Gasteiger partial charge in [0.05, 0.1) is 23.4 Å². The van der Waals surface area contributed by atoms with Crippen molar-refractivity contribution in [3.05, 3.63) is 51.7 Å². The standard InChI is InChI=1S/C18H18N2O2S2/c21-18(20(13-7-8-13)10-14-4-3-9-23-14)12-22-11-17-19-15-5-1-2-6-16(15)24-17/h1-6,9,13H,7-8,10-12H2. The Morgan fingerprint density at radius 1 is 1.25 bits per heavy atom. The van der Waals surface area contributed by atoms with Crippen molar-refractivity contribution in [1.29, 1.82) is 0 Å². The molecular weight excluding hydrogens is 340 g/mol. The van der Waals surface area contributed by atoms with Crippen molar-refractivity contribution in [1.82, 2.24) is 9.88 Å². The van der Waals surface area contributed by atoms with E-state index in [4.69, 9.17) is 4.74 Å². The molecule has 2 aromatic heterocycles. The fraction of sp³-hybridized carbons (Fsp3) is 0.333. The number of fused-ring (bicyclic) bond motifs is 1. The fourth-order valence-corrected chi connectivity index (χ4v) is 4.28. The normalized spacial score (nSPS) is 14.2. The molecule has 6 heteroatoms. The van der Waals surface area contributed by atoms with Crippen LogP contribution in [0.15, 0.2) is 41.8 Å². The fourth-order valence-electron chi connectivity index (χ4n) is 2.67. The molecule has 4 rings (SSSR count). The first-order valence-electron chi connectivity index (χ1n) is 8.03. The summed E-state index contributed by atoms with van der Waals surface area (Å²) in [6.07, 6.45) is 2.21. The molecule has 124 valence electrons. The monoisotopic (exact) mass is 358 g/mol. The van der Waals surface area contributed by atoms with Gasteiger partial charge in [-0.3, -0.25) is 4.79 Å². The number of carbonyl (C=O) groups excluding carboxylic acids is 1. The highest BCUT2D eigenvalue weighted by Crippen LogP contribution is 2.29. The second-order valence-corrected chi connectivity index (χ2v) is 8.05. The number of aromatic nitrogens is 1. The van der Waals surface area contributed by atoms with Gasteiger partial charge in [-0.05, 0) is 36.4 Å². The van der Waals surface area contributed by atoms with Crippen LogP contribution >= 0.6 is 22.7 Å². The van der Waals surface area contributed by atoms with Crippen LogP contribution in [-0.2, 0) is 22.7 Å². The lowest BCUT2D eigenvalue weighted by Gasteiger charge is -2.21. The molecule has 2 heterocycles. The van der Waals surface area contributed by atoms with Gasteiger partial charge in [-0.25, -0.2) is 4.98 Å². The van der Waals surface area contributed by atoms with Crippen molar-refractivity contribution in [3.63, 3.8) is 0 Å². The summed E-state index contributed by atoms with van der Waals surface area (Å²) >= 11 is 3.31. The summed E-state index contributed by atoms with van der Waals surface area (Å²) in [7, 11) is 0. The van der Waals surface area contributed by atoms with E-state index in [0.29, 0.717) is 19.2 Å². The number of hydrogen-bond donors (Lipinski definition) is 0. The molecule has 1 aliphatic rings. The highest BCUT2D eigenvalue weighted by Gasteiger charge is 2.32. The SMILES string of the molecule is O=C(COCc1nc2ccccc2s1)N(Cc1cccs1)C1CC1. The van der Waals surface area contributed by atoms with E-state index in [1.807, 2.05) is 29.2 Å². The van der Waals surface area contributed by atoms with Gasteiger partial charge in [-0.15, -0.1) is 22.7 Å². The molecule has 3 aromatic rings. The van der Waals surface area contributed by atoms with E-state index in [9.17, 15) is 4.79 Å². The van der Waals surface area contributed by atoms with E-state index in [2.05, 4.69) is 22.5 Å². The Morgan fingerprint density at radius 2 is 2.12 bits per heavy atom. The van der Waals surface area contributed by atoms with Crippen LogP contribution in [0.25, 0.3) is 10.2 Å². The van der Waals surface area contributed by atoms with Crippen LogP contribution < -0.4 is 0 Å². The maximum Gasteiger partial charge on any atom is 0.249 e. The molecule has 0 N–H and O–H groups in total. The topological polar surface area (TPSA) is 42.4 Å². The number of rotatable bonds is 7. The van der Waals surface area contributed by atoms with Gasteiger partial charge in [0.1, 0.15) is 11.6 Å². The molecule has 0 aliphatic heterocycles. The quantitative estimate of drug-likeness (QED) is 0.639. The van der Waals surface area contributed by atoms with Gasteiger partial charge in [0.2, 0.25) is 5.91 Å². The average Bonchev–Trinajstić information content (AvgIpc) is 3.13. The van der Waals surface area contributed by atoms with Crippen molar-refractivity contribution in [3.8, 4) is 0 Å². The Balaban J connectivity index is 1.33. The van der Waals surface area contributed by atoms with Crippen LogP contribution in [0.1, 0.15) is 22.7 Å². The Labute approximate surface area is 148 Å². The number of nitrogens with zero attached hydrogens (tertiary/aromatic N) is 2. The number of para-hydroxylation sites is 1. The molecule has 1 aromatic carbocycles. The van der Waals surface area contributed by atoms with Gasteiger partial charge in [-0.2, -0.15) is 0 Å². The molecule has 1 fully saturated rings. The highest BCUT2D eigenvalue weighted by molar-refractivity contribution is 7.18. The molecule has 24 heavy (non-hydrogen) atoms. The summed E-state index contributed by atoms with van der Waals surface area (Å²) in [4.78, 5) is 20.2. The Bertz CT molecular complexity index is 792. The first kappa shape index (κ1) is 15.7. The van der Waals surface area contributed by atoms with Gasteiger partial charge in [0.25, 0.3) is 0 Å². The number of carbonyl (C=O) groups is 1. The zero-order valence-electron chi connectivity index (χ0n) is 13.2. The van der Waals surface area contributed by atoms with Crippen LogP contribution in [0.4, 0.5) is 0 Å². The van der Waals surface area contributed by atoms with E-state index in [0.717, 1.165) is 28.1 Å². The van der Waals surface area contributed by atoms with Gasteiger partial charge >= 0.3 is 0 Å². The maximum atomic E-state index is 12.5. The van der Waals surface area contributed by atoms with E-state index in [-0.39, 0.29) is 12.5 Å². The number of benzene rings is 1. The van der Waals surface area contributed by atoms with Crippen molar-refractivity contribution >= 4 is 38.8 Å². The molecule has 0 atom stereocenters. The number of ether oxygens (including phenoxy) is 1. The van der Waals surface area contributed by atoms with Crippen molar-refractivity contribution in [2.24, 2.45) is 0 Å². The summed E-state index contributed by atoms with van der Waals surface area (Å²) in [5.41, 5.74) is 0.990. The van der Waals surface area contributed by atoms with Gasteiger partial charge in [0, 0.05) is 10.9 Å². The predicted octanol–water partition coefficient (Wildman–Crippen LogP) is 4.07. The maximum absolute atomic E-state index is 12.5. The molecule has 1 aliphatic carbocycles. The Kier molecular flexibility index (Phi) is 4.60. The number of hydrogen-bond acceptors (Lipinski definition) is 5. The lowest BCUT2D eigenvalue weighted by molar-refractivity contribution is -0.137. The van der Waals surface area contributed by atoms with E-state index in [1.165, 1.54) is 4.88 Å². The third-order valence-electron chi connectivity index (χ3n) is 4.00. The number of thiazole rings is 1. The number of amides is 1. The third-order valence-corrected chi connectivity index (χ3v) is 5.87. The molecule has 4 nitrogen and oxygen atoms in total. The zero-order chi connectivity index (χ0) is 16.4. The lowest BCUT2D eigenvalue weighted by atomic mass is 10.3. The minimum absolute atomic E-state index is 0.0759. The molecule has 0 spiro atoms. The van der Waals surface area contributed by atoms with E-state index in [1.54, 1.807) is 22.7 Å². The largest absolute Gasteiger partial charge is 0.364 e. The average molecular weight is 358 g/mol. The van der Waals surface area contributed by atoms with E-state index < -0.39 is 0 Å². The van der Waals surface area contributed by atoms with Crippen molar-refractivity contribution in [2.75, 3.05) is 6.61 Å². The van der Waals surface area contributed by atoms with Gasteiger partial charge in [0.15, 0.2) is 0 Å². The van der Waals surface area contributed by atoms with Crippen LogP contribution in [0.2, 0.25) is 0 Å². The summed E-state index contributed by atoms with van der Waals surface area (Å²) in [5, 5.41) is 2.97. The first-order valence-corrected chi connectivity index (χ1v) is 9.73. The summed E-state index contributed by atoms with van der Waals surface area (Å²) < 4.78 is 6.80. The van der Waals surface area contributed by atoms with E-state index >= 15 is 0 Å². The predicted molar refractivity (Wildman–Crippen MR) is 97.2 cm³/mol. The molecule has 0 unspecified atom stereocenters. The van der Waals surface area contributed by atoms with Crippen molar-refractivity contribution in [2.45, 2.75) is 32.0 Å². The second-order valence-electron chi connectivity index (χ2n) is 5.90. The summed E-state index contributed by atoms with van der Waals surface area (Å²) in [6.45, 7) is 1.21. The van der Waals surface area contributed by atoms with Crippen LogP contribution in [-0.4, -0.2) is 28.4 Å². The molecule has 1 saturated carbocycles. The summed E-state index contributed by atoms with van der Waals surface area (Å²) in [5.74, 6) is 0.0759. The minimum Gasteiger partial charge on any atom is -0.364 e. The number of thiophene rings is 1. The molecule has 0 bridgehead atoms. The Morgan fingerprint density at radius 3 is 2.88 bits per heavy atom. The third kappa shape index (κ3) is 3.66. The highest BCUT2D eigenvalue weighted by atomic mass is 32.1. The smallest absolute Gasteiger partial charge is 0.249 e. The first-order chi connectivity index (χ1) is 11.8. The molecular formula is C18H18N2O2S2. The second kappa shape index (κ2) is 7.01. The van der Waals surface area contributed by atoms with Gasteiger partial charge in [-0.1, -0.05) is 18.2 Å². The van der Waals surface area contributed by atoms with Crippen LogP contribution in [0, 0.1) is 0 Å².